The predicted molar refractivity (Wildman–Crippen MR) is 58.3 cm³/mol. The molecule has 1 aromatic rings. The quantitative estimate of drug-likeness (QED) is 0.807. The molecule has 16 heavy (non-hydrogen) atoms. The molecule has 88 valence electrons. The molecule has 1 unspecified atom stereocenters. The van der Waals surface area contributed by atoms with Crippen LogP contribution in [0.25, 0.3) is 0 Å². The number of ether oxygens (including phenoxy) is 1. The van der Waals surface area contributed by atoms with Crippen LogP contribution in [0.1, 0.15) is 17.3 Å². The van der Waals surface area contributed by atoms with Crippen LogP contribution in [-0.2, 0) is 4.74 Å². The van der Waals surface area contributed by atoms with Gasteiger partial charge in [-0.2, -0.15) is 0 Å². The molecule has 0 fully saturated rings. The minimum absolute atomic E-state index is 0.0251. The smallest absolute Gasteiger partial charge is 0.338 e. The average molecular weight is 227 g/mol. The fourth-order valence-corrected chi connectivity index (χ4v) is 1.36. The van der Waals surface area contributed by atoms with E-state index in [2.05, 4.69) is 5.32 Å². The molecule has 1 atom stereocenters. The van der Waals surface area contributed by atoms with E-state index in [1.165, 1.54) is 12.1 Å². The maximum absolute atomic E-state index is 13.1. The zero-order chi connectivity index (χ0) is 12.1. The van der Waals surface area contributed by atoms with Crippen molar-refractivity contribution in [2.45, 2.75) is 13.0 Å². The largest absolute Gasteiger partial charge is 0.478 e. The van der Waals surface area contributed by atoms with E-state index in [4.69, 9.17) is 9.84 Å². The third-order valence-corrected chi connectivity index (χ3v) is 2.03. The molecule has 0 saturated carbocycles. The monoisotopic (exact) mass is 227 g/mol. The summed E-state index contributed by atoms with van der Waals surface area (Å²) in [6.45, 7) is 2.37. The van der Waals surface area contributed by atoms with Crippen molar-refractivity contribution in [3.8, 4) is 0 Å². The average Bonchev–Trinajstić information content (AvgIpc) is 2.21. The fraction of sp³-hybridized carbons (Fsp3) is 0.364. The molecule has 5 heteroatoms. The van der Waals surface area contributed by atoms with Gasteiger partial charge in [0.1, 0.15) is 5.82 Å². The summed E-state index contributed by atoms with van der Waals surface area (Å²) in [5, 5.41) is 11.7. The summed E-state index contributed by atoms with van der Waals surface area (Å²) < 4.78 is 18.0. The normalized spacial score (nSPS) is 12.2. The van der Waals surface area contributed by atoms with Crippen molar-refractivity contribution in [3.63, 3.8) is 0 Å². The van der Waals surface area contributed by atoms with Gasteiger partial charge < -0.3 is 15.2 Å². The minimum atomic E-state index is -1.28. The van der Waals surface area contributed by atoms with Gasteiger partial charge in [-0.1, -0.05) is 0 Å². The van der Waals surface area contributed by atoms with Crippen molar-refractivity contribution in [3.05, 3.63) is 29.6 Å². The number of carboxylic acids is 1. The van der Waals surface area contributed by atoms with Gasteiger partial charge in [0.05, 0.1) is 12.2 Å². The van der Waals surface area contributed by atoms with Gasteiger partial charge in [0.2, 0.25) is 0 Å². The zero-order valence-electron chi connectivity index (χ0n) is 9.16. The highest BCUT2D eigenvalue weighted by atomic mass is 19.1. The van der Waals surface area contributed by atoms with Gasteiger partial charge in [0, 0.05) is 18.8 Å². The van der Waals surface area contributed by atoms with Crippen LogP contribution in [-0.4, -0.2) is 30.8 Å². The van der Waals surface area contributed by atoms with Gasteiger partial charge in [0.25, 0.3) is 0 Å². The van der Waals surface area contributed by atoms with Crippen molar-refractivity contribution >= 4 is 11.7 Å². The fourth-order valence-electron chi connectivity index (χ4n) is 1.36. The lowest BCUT2D eigenvalue weighted by atomic mass is 10.2. The lowest BCUT2D eigenvalue weighted by Crippen LogP contribution is -2.21. The first kappa shape index (κ1) is 12.4. The number of carboxylic acid groups (broad SMARTS) is 1. The first-order valence-corrected chi connectivity index (χ1v) is 4.83. The van der Waals surface area contributed by atoms with Crippen molar-refractivity contribution < 1.29 is 19.0 Å². The molecule has 0 heterocycles. The summed E-state index contributed by atoms with van der Waals surface area (Å²) in [7, 11) is 1.57. The van der Waals surface area contributed by atoms with Gasteiger partial charge in [-0.3, -0.25) is 0 Å². The highest BCUT2D eigenvalue weighted by Crippen LogP contribution is 2.15. The van der Waals surface area contributed by atoms with E-state index in [-0.39, 0.29) is 11.6 Å². The van der Waals surface area contributed by atoms with Crippen LogP contribution >= 0.6 is 0 Å². The maximum Gasteiger partial charge on any atom is 0.338 e. The molecule has 0 bridgehead atoms. The summed E-state index contributed by atoms with van der Waals surface area (Å²) in [4.78, 5) is 10.7. The Balaban J connectivity index is 2.82. The van der Waals surface area contributed by atoms with Crippen molar-refractivity contribution in [1.82, 2.24) is 0 Å². The predicted octanol–water partition coefficient (Wildman–Crippen LogP) is 1.97. The third-order valence-electron chi connectivity index (χ3n) is 2.03. The number of methoxy groups -OCH3 is 1. The number of halogens is 1. The maximum atomic E-state index is 13.1. The molecule has 1 aromatic carbocycles. The molecular weight excluding hydrogens is 213 g/mol. The van der Waals surface area contributed by atoms with E-state index >= 15 is 0 Å². The van der Waals surface area contributed by atoms with Crippen LogP contribution in [0.4, 0.5) is 10.1 Å². The van der Waals surface area contributed by atoms with Crippen LogP contribution in [0.2, 0.25) is 0 Å². The number of hydrogen-bond donors (Lipinski definition) is 2. The van der Waals surface area contributed by atoms with Crippen molar-refractivity contribution in [1.29, 1.82) is 0 Å². The highest BCUT2D eigenvalue weighted by Gasteiger charge is 2.11. The van der Waals surface area contributed by atoms with Gasteiger partial charge >= 0.3 is 5.97 Å². The second-order valence-electron chi connectivity index (χ2n) is 3.50. The number of aromatic carboxylic acids is 1. The Morgan fingerprint density at radius 3 is 2.88 bits per heavy atom. The highest BCUT2D eigenvalue weighted by molar-refractivity contribution is 5.89. The molecule has 0 aliphatic heterocycles. The molecule has 0 aromatic heterocycles. The van der Waals surface area contributed by atoms with E-state index in [0.717, 1.165) is 6.07 Å². The SMILES string of the molecule is COCC(C)Nc1ccc(F)c(C(=O)O)c1. The molecule has 2 N–H and O–H groups in total. The van der Waals surface area contributed by atoms with Crippen LogP contribution in [0.3, 0.4) is 0 Å². The summed E-state index contributed by atoms with van der Waals surface area (Å²) in [6.07, 6.45) is 0. The third kappa shape index (κ3) is 3.20. The Morgan fingerprint density at radius 1 is 1.62 bits per heavy atom. The van der Waals surface area contributed by atoms with E-state index in [9.17, 15) is 9.18 Å². The van der Waals surface area contributed by atoms with Crippen molar-refractivity contribution in [2.75, 3.05) is 19.0 Å². The lowest BCUT2D eigenvalue weighted by Gasteiger charge is -2.14. The number of rotatable bonds is 5. The van der Waals surface area contributed by atoms with E-state index < -0.39 is 11.8 Å². The Hall–Kier alpha value is -1.62. The molecule has 0 aliphatic carbocycles. The Bertz CT molecular complexity index is 381. The summed E-state index contributed by atoms with van der Waals surface area (Å²) in [5.41, 5.74) is 0.220. The van der Waals surface area contributed by atoms with Crippen LogP contribution in [0, 0.1) is 5.82 Å². The molecule has 0 spiro atoms. The van der Waals surface area contributed by atoms with Gasteiger partial charge in [-0.15, -0.1) is 0 Å². The van der Waals surface area contributed by atoms with E-state index in [0.29, 0.717) is 12.3 Å². The summed E-state index contributed by atoms with van der Waals surface area (Å²) in [5.74, 6) is -2.02. The van der Waals surface area contributed by atoms with Crippen LogP contribution in [0.15, 0.2) is 18.2 Å². The standard InChI is InChI=1S/C11H14FNO3/c1-7(6-16-2)13-8-3-4-10(12)9(5-8)11(14)15/h3-5,7,13H,6H2,1-2H3,(H,14,15). The minimum Gasteiger partial charge on any atom is -0.478 e. The lowest BCUT2D eigenvalue weighted by molar-refractivity contribution is 0.0692. The number of hydrogen-bond acceptors (Lipinski definition) is 3. The Kier molecular flexibility index (Phi) is 4.25. The summed E-state index contributed by atoms with van der Waals surface area (Å²) >= 11 is 0. The number of nitrogens with one attached hydrogen (secondary N) is 1. The van der Waals surface area contributed by atoms with Crippen molar-refractivity contribution in [2.24, 2.45) is 0 Å². The Morgan fingerprint density at radius 2 is 2.31 bits per heavy atom. The van der Waals surface area contributed by atoms with Gasteiger partial charge in [0.15, 0.2) is 0 Å². The topological polar surface area (TPSA) is 58.6 Å². The van der Waals surface area contributed by atoms with Gasteiger partial charge in [-0.25, -0.2) is 9.18 Å². The molecule has 0 aliphatic rings. The molecule has 0 amide bonds. The molecule has 4 nitrogen and oxygen atoms in total. The molecule has 0 saturated heterocycles. The molecule has 0 radical (unpaired) electrons. The Labute approximate surface area is 93.0 Å². The zero-order valence-corrected chi connectivity index (χ0v) is 9.16. The van der Waals surface area contributed by atoms with Crippen LogP contribution < -0.4 is 5.32 Å². The van der Waals surface area contributed by atoms with Gasteiger partial charge in [-0.05, 0) is 25.1 Å². The second-order valence-corrected chi connectivity index (χ2v) is 3.50. The number of carbonyl (C=O) groups is 1. The van der Waals surface area contributed by atoms with E-state index in [1.54, 1.807) is 7.11 Å². The molecular formula is C11H14FNO3. The second kappa shape index (κ2) is 5.46. The molecule has 1 rings (SSSR count). The summed E-state index contributed by atoms with van der Waals surface area (Å²) in [6, 6.07) is 3.92. The first-order chi connectivity index (χ1) is 7.54. The van der Waals surface area contributed by atoms with E-state index in [1.807, 2.05) is 6.92 Å². The van der Waals surface area contributed by atoms with Crippen LogP contribution in [0.5, 0.6) is 0 Å². The number of benzene rings is 1. The number of anilines is 1. The first-order valence-electron chi connectivity index (χ1n) is 4.83.